The van der Waals surface area contributed by atoms with Gasteiger partial charge in [-0.2, -0.15) is 0 Å². The summed E-state index contributed by atoms with van der Waals surface area (Å²) in [5.74, 6) is 0.0314. The topological polar surface area (TPSA) is 67.4 Å². The standard InChI is InChI=1S/C18H17BrN2O3/c1-11(12-6-2-3-7-13(12)19)20-17(22)10-16-18(23)21-14-8-4-5-9-15(14)24-16/h2-9,11,16H,10H2,1H3,(H,20,22)(H,21,23)/t11-,16-/m0/s1. The highest BCUT2D eigenvalue weighted by Gasteiger charge is 2.29. The first-order valence-electron chi connectivity index (χ1n) is 7.65. The summed E-state index contributed by atoms with van der Waals surface area (Å²) in [6.07, 6.45) is -0.860. The molecular formula is C18H17BrN2O3. The van der Waals surface area contributed by atoms with Gasteiger partial charge in [-0.15, -0.1) is 0 Å². The number of halogens is 1. The molecule has 2 aromatic carbocycles. The van der Waals surface area contributed by atoms with E-state index in [1.165, 1.54) is 0 Å². The lowest BCUT2D eigenvalue weighted by Gasteiger charge is -2.26. The van der Waals surface area contributed by atoms with Gasteiger partial charge >= 0.3 is 0 Å². The zero-order valence-electron chi connectivity index (χ0n) is 13.1. The predicted octanol–water partition coefficient (Wildman–Crippen LogP) is 3.42. The van der Waals surface area contributed by atoms with Crippen LogP contribution in [0.3, 0.4) is 0 Å². The molecule has 1 heterocycles. The second-order valence-corrected chi connectivity index (χ2v) is 6.46. The zero-order valence-corrected chi connectivity index (χ0v) is 14.7. The van der Waals surface area contributed by atoms with Crippen LogP contribution in [0.1, 0.15) is 24.9 Å². The number of amides is 2. The van der Waals surface area contributed by atoms with Gasteiger partial charge in [0.1, 0.15) is 5.75 Å². The zero-order chi connectivity index (χ0) is 17.1. The van der Waals surface area contributed by atoms with Crippen molar-refractivity contribution in [3.8, 4) is 5.75 Å². The maximum atomic E-state index is 12.3. The Morgan fingerprint density at radius 2 is 1.96 bits per heavy atom. The van der Waals surface area contributed by atoms with Gasteiger partial charge in [-0.25, -0.2) is 0 Å². The lowest BCUT2D eigenvalue weighted by Crippen LogP contribution is -2.41. The van der Waals surface area contributed by atoms with Gasteiger partial charge < -0.3 is 15.4 Å². The maximum Gasteiger partial charge on any atom is 0.266 e. The second-order valence-electron chi connectivity index (χ2n) is 5.61. The summed E-state index contributed by atoms with van der Waals surface area (Å²) in [5, 5.41) is 5.66. The molecule has 0 spiro atoms. The van der Waals surface area contributed by atoms with Crippen molar-refractivity contribution >= 4 is 33.4 Å². The van der Waals surface area contributed by atoms with E-state index in [2.05, 4.69) is 26.6 Å². The molecule has 5 nitrogen and oxygen atoms in total. The van der Waals surface area contributed by atoms with Crippen LogP contribution in [0.15, 0.2) is 53.0 Å². The molecule has 2 atom stereocenters. The van der Waals surface area contributed by atoms with Crippen LogP contribution in [0.4, 0.5) is 5.69 Å². The molecular weight excluding hydrogens is 372 g/mol. The van der Waals surface area contributed by atoms with Crippen molar-refractivity contribution in [3.63, 3.8) is 0 Å². The van der Waals surface area contributed by atoms with E-state index in [9.17, 15) is 9.59 Å². The monoisotopic (exact) mass is 388 g/mol. The van der Waals surface area contributed by atoms with Crippen LogP contribution >= 0.6 is 15.9 Å². The summed E-state index contributed by atoms with van der Waals surface area (Å²) >= 11 is 3.47. The first-order valence-corrected chi connectivity index (χ1v) is 8.44. The Hall–Kier alpha value is -2.34. The van der Waals surface area contributed by atoms with Crippen molar-refractivity contribution in [2.24, 2.45) is 0 Å². The van der Waals surface area contributed by atoms with E-state index in [1.807, 2.05) is 43.3 Å². The minimum absolute atomic E-state index is 0.0328. The SMILES string of the molecule is C[C@H](NC(=O)C[C@@H]1Oc2ccccc2NC1=O)c1ccccc1Br. The van der Waals surface area contributed by atoms with Crippen LogP contribution in [0.5, 0.6) is 5.75 Å². The maximum absolute atomic E-state index is 12.3. The number of carbonyl (C=O) groups is 2. The minimum atomic E-state index is -0.827. The van der Waals surface area contributed by atoms with E-state index in [4.69, 9.17) is 4.74 Å². The highest BCUT2D eigenvalue weighted by Crippen LogP contribution is 2.29. The third kappa shape index (κ3) is 3.59. The summed E-state index contributed by atoms with van der Waals surface area (Å²) in [4.78, 5) is 24.4. The number of anilines is 1. The van der Waals surface area contributed by atoms with E-state index in [1.54, 1.807) is 12.1 Å². The molecule has 0 radical (unpaired) electrons. The minimum Gasteiger partial charge on any atom is -0.478 e. The van der Waals surface area contributed by atoms with E-state index in [0.29, 0.717) is 11.4 Å². The van der Waals surface area contributed by atoms with E-state index in [-0.39, 0.29) is 24.3 Å². The number of ether oxygens (including phenoxy) is 1. The number of nitrogens with one attached hydrogen (secondary N) is 2. The van der Waals surface area contributed by atoms with Gasteiger partial charge in [-0.1, -0.05) is 46.3 Å². The van der Waals surface area contributed by atoms with Crippen molar-refractivity contribution < 1.29 is 14.3 Å². The van der Waals surface area contributed by atoms with Crippen molar-refractivity contribution in [1.29, 1.82) is 0 Å². The Balaban J connectivity index is 1.63. The van der Waals surface area contributed by atoms with Crippen LogP contribution in [0.25, 0.3) is 0 Å². The predicted molar refractivity (Wildman–Crippen MR) is 94.8 cm³/mol. The lowest BCUT2D eigenvalue weighted by molar-refractivity contribution is -0.130. The Labute approximate surface area is 148 Å². The lowest BCUT2D eigenvalue weighted by atomic mass is 10.1. The number of hydrogen-bond donors (Lipinski definition) is 2. The van der Waals surface area contributed by atoms with Crippen LogP contribution in [-0.2, 0) is 9.59 Å². The molecule has 1 aliphatic rings. The molecule has 0 saturated carbocycles. The summed E-state index contributed by atoms with van der Waals surface area (Å²) in [5.41, 5.74) is 1.60. The van der Waals surface area contributed by atoms with E-state index < -0.39 is 6.10 Å². The number of fused-ring (bicyclic) bond motifs is 1. The molecule has 0 saturated heterocycles. The fourth-order valence-electron chi connectivity index (χ4n) is 2.60. The Bertz CT molecular complexity index is 778. The largest absolute Gasteiger partial charge is 0.478 e. The fraction of sp³-hybridized carbons (Fsp3) is 0.222. The first kappa shape index (κ1) is 16.5. The van der Waals surface area contributed by atoms with Gasteiger partial charge in [-0.05, 0) is 30.7 Å². The van der Waals surface area contributed by atoms with Gasteiger partial charge in [0, 0.05) is 4.47 Å². The van der Waals surface area contributed by atoms with Gasteiger partial charge in [0.15, 0.2) is 6.10 Å². The van der Waals surface area contributed by atoms with E-state index >= 15 is 0 Å². The smallest absolute Gasteiger partial charge is 0.266 e. The molecule has 2 amide bonds. The Kier molecular flexibility index (Phi) is 4.85. The summed E-state index contributed by atoms with van der Waals surface area (Å²) in [7, 11) is 0. The molecule has 2 N–H and O–H groups in total. The van der Waals surface area contributed by atoms with Gasteiger partial charge in [0.2, 0.25) is 5.91 Å². The number of carbonyl (C=O) groups excluding carboxylic acids is 2. The van der Waals surface area contributed by atoms with Crippen molar-refractivity contribution in [2.75, 3.05) is 5.32 Å². The summed E-state index contributed by atoms with van der Waals surface area (Å²) in [6.45, 7) is 1.90. The fourth-order valence-corrected chi connectivity index (χ4v) is 3.23. The molecule has 24 heavy (non-hydrogen) atoms. The van der Waals surface area contributed by atoms with Crippen molar-refractivity contribution in [2.45, 2.75) is 25.5 Å². The number of rotatable bonds is 4. The second kappa shape index (κ2) is 7.05. The average Bonchev–Trinajstić information content (AvgIpc) is 2.55. The molecule has 0 aromatic heterocycles. The molecule has 0 aliphatic carbocycles. The molecule has 1 aliphatic heterocycles. The third-order valence-electron chi connectivity index (χ3n) is 3.83. The number of hydrogen-bond acceptors (Lipinski definition) is 3. The Morgan fingerprint density at radius 3 is 2.75 bits per heavy atom. The highest BCUT2D eigenvalue weighted by atomic mass is 79.9. The molecule has 0 fully saturated rings. The van der Waals surface area contributed by atoms with Crippen molar-refractivity contribution in [1.82, 2.24) is 5.32 Å². The van der Waals surface area contributed by atoms with Crippen molar-refractivity contribution in [3.05, 3.63) is 58.6 Å². The van der Waals surface area contributed by atoms with Gasteiger partial charge in [0.25, 0.3) is 5.91 Å². The van der Waals surface area contributed by atoms with Crippen LogP contribution in [0.2, 0.25) is 0 Å². The highest BCUT2D eigenvalue weighted by molar-refractivity contribution is 9.10. The average molecular weight is 389 g/mol. The number of benzene rings is 2. The van der Waals surface area contributed by atoms with Crippen LogP contribution < -0.4 is 15.4 Å². The number of para-hydroxylation sites is 2. The first-order chi connectivity index (χ1) is 11.5. The quantitative estimate of drug-likeness (QED) is 0.842. The summed E-state index contributed by atoms with van der Waals surface area (Å²) in [6, 6.07) is 14.7. The molecule has 2 aromatic rings. The third-order valence-corrected chi connectivity index (χ3v) is 4.55. The van der Waals surface area contributed by atoms with Crippen LogP contribution in [-0.4, -0.2) is 17.9 Å². The normalized spacial score (nSPS) is 17.2. The van der Waals surface area contributed by atoms with Crippen LogP contribution in [0, 0.1) is 0 Å². The van der Waals surface area contributed by atoms with Gasteiger partial charge in [0.05, 0.1) is 18.2 Å². The molecule has 3 rings (SSSR count). The van der Waals surface area contributed by atoms with Gasteiger partial charge in [-0.3, -0.25) is 9.59 Å². The molecule has 124 valence electrons. The molecule has 6 heteroatoms. The molecule has 0 bridgehead atoms. The Morgan fingerprint density at radius 1 is 1.25 bits per heavy atom. The summed E-state index contributed by atoms with van der Waals surface area (Å²) < 4.78 is 6.57. The molecule has 0 unspecified atom stereocenters. The van der Waals surface area contributed by atoms with E-state index in [0.717, 1.165) is 10.0 Å².